The lowest BCUT2D eigenvalue weighted by Gasteiger charge is -2.40. The van der Waals surface area contributed by atoms with Crippen molar-refractivity contribution in [3.63, 3.8) is 0 Å². The van der Waals surface area contributed by atoms with E-state index in [1.165, 1.54) is 5.56 Å². The zero-order valence-corrected chi connectivity index (χ0v) is 12.8. The maximum Gasteiger partial charge on any atom is 0.0716 e. The molecule has 112 valence electrons. The number of rotatable bonds is 6. The predicted molar refractivity (Wildman–Crippen MR) is 82.5 cm³/mol. The lowest BCUT2D eigenvalue weighted by molar-refractivity contribution is -0.0519. The predicted octanol–water partition coefficient (Wildman–Crippen LogP) is 4.17. The maximum atomic E-state index is 10.3. The molecule has 0 heterocycles. The van der Waals surface area contributed by atoms with Gasteiger partial charge in [0.25, 0.3) is 0 Å². The largest absolute Gasteiger partial charge is 0.390 e. The van der Waals surface area contributed by atoms with Crippen LogP contribution < -0.4 is 0 Å². The van der Waals surface area contributed by atoms with Crippen LogP contribution in [0.3, 0.4) is 0 Å². The molecule has 0 spiro atoms. The van der Waals surface area contributed by atoms with Gasteiger partial charge in [-0.2, -0.15) is 0 Å². The van der Waals surface area contributed by atoms with Crippen LogP contribution in [0.1, 0.15) is 51.5 Å². The van der Waals surface area contributed by atoms with Crippen LogP contribution in [0.4, 0.5) is 0 Å². The minimum absolute atomic E-state index is 0.448. The minimum Gasteiger partial charge on any atom is -0.390 e. The van der Waals surface area contributed by atoms with Crippen LogP contribution in [0.2, 0.25) is 0 Å². The molecule has 1 aliphatic rings. The van der Waals surface area contributed by atoms with Gasteiger partial charge in [0.05, 0.1) is 12.2 Å². The first-order chi connectivity index (χ1) is 9.62. The van der Waals surface area contributed by atoms with Gasteiger partial charge in [-0.25, -0.2) is 0 Å². The van der Waals surface area contributed by atoms with Crippen molar-refractivity contribution < 1.29 is 9.84 Å². The van der Waals surface area contributed by atoms with E-state index in [1.54, 1.807) is 0 Å². The Bertz CT molecular complexity index is 386. The van der Waals surface area contributed by atoms with Crippen LogP contribution in [0, 0.1) is 11.8 Å². The number of ether oxygens (including phenoxy) is 1. The summed E-state index contributed by atoms with van der Waals surface area (Å²) in [5.41, 5.74) is 0.793. The first-order valence-corrected chi connectivity index (χ1v) is 7.96. The molecule has 0 amide bonds. The molecule has 1 aromatic rings. The van der Waals surface area contributed by atoms with Gasteiger partial charge in [0.15, 0.2) is 0 Å². The summed E-state index contributed by atoms with van der Waals surface area (Å²) in [4.78, 5) is 0. The van der Waals surface area contributed by atoms with E-state index >= 15 is 0 Å². The average Bonchev–Trinajstić information content (AvgIpc) is 2.46. The molecule has 0 unspecified atom stereocenters. The van der Waals surface area contributed by atoms with Gasteiger partial charge in [-0.15, -0.1) is 0 Å². The van der Waals surface area contributed by atoms with E-state index in [4.69, 9.17) is 4.74 Å². The molecule has 2 rings (SSSR count). The second-order valence-corrected chi connectivity index (χ2v) is 6.43. The molecule has 1 aliphatic carbocycles. The van der Waals surface area contributed by atoms with E-state index in [1.807, 2.05) is 25.1 Å². The third-order valence-corrected chi connectivity index (χ3v) is 4.83. The van der Waals surface area contributed by atoms with Gasteiger partial charge in [0.2, 0.25) is 0 Å². The lowest BCUT2D eigenvalue weighted by Crippen LogP contribution is -2.40. The molecule has 20 heavy (non-hydrogen) atoms. The van der Waals surface area contributed by atoms with Crippen molar-refractivity contribution in [2.75, 3.05) is 6.61 Å². The highest BCUT2D eigenvalue weighted by Crippen LogP contribution is 2.39. The highest BCUT2D eigenvalue weighted by molar-refractivity contribution is 5.13. The smallest absolute Gasteiger partial charge is 0.0716 e. The summed E-state index contributed by atoms with van der Waals surface area (Å²) < 4.78 is 5.78. The van der Waals surface area contributed by atoms with Crippen molar-refractivity contribution in [3.05, 3.63) is 35.9 Å². The van der Waals surface area contributed by atoms with Crippen LogP contribution in [0.25, 0.3) is 0 Å². The van der Waals surface area contributed by atoms with E-state index in [9.17, 15) is 5.11 Å². The van der Waals surface area contributed by atoms with Crippen molar-refractivity contribution in [3.8, 4) is 0 Å². The Labute approximate surface area is 123 Å². The van der Waals surface area contributed by atoms with Gasteiger partial charge >= 0.3 is 0 Å². The fourth-order valence-corrected chi connectivity index (χ4v) is 3.36. The van der Waals surface area contributed by atoms with Gasteiger partial charge in [0.1, 0.15) is 0 Å². The topological polar surface area (TPSA) is 29.5 Å². The molecule has 0 aromatic heterocycles. The molecule has 0 radical (unpaired) electrons. The standard InChI is InChI=1S/C18H28O2/c1-3-17-13-15(9-11-18(17,2)19)10-12-20-14-16-7-5-4-6-8-16/h4-8,15,17,19H,3,9-14H2,1-2H3/t15-,17+,18+/m0/s1. The number of hydrogen-bond donors (Lipinski definition) is 1. The monoisotopic (exact) mass is 276 g/mol. The Hall–Kier alpha value is -0.860. The van der Waals surface area contributed by atoms with Crippen LogP contribution in [0.15, 0.2) is 30.3 Å². The maximum absolute atomic E-state index is 10.3. The molecule has 0 bridgehead atoms. The summed E-state index contributed by atoms with van der Waals surface area (Å²) in [7, 11) is 0. The van der Waals surface area contributed by atoms with E-state index in [-0.39, 0.29) is 0 Å². The fraction of sp³-hybridized carbons (Fsp3) is 0.667. The van der Waals surface area contributed by atoms with Crippen LogP contribution in [-0.2, 0) is 11.3 Å². The third-order valence-electron chi connectivity index (χ3n) is 4.83. The van der Waals surface area contributed by atoms with Gasteiger partial charge in [-0.1, -0.05) is 43.7 Å². The molecule has 2 nitrogen and oxygen atoms in total. The molecule has 0 aliphatic heterocycles. The Balaban J connectivity index is 1.67. The SMILES string of the molecule is CC[C@@H]1C[C@H](CCOCc2ccccc2)CC[C@@]1(C)O. The summed E-state index contributed by atoms with van der Waals surface area (Å²) in [5, 5.41) is 10.3. The second kappa shape index (κ2) is 7.24. The molecular formula is C18H28O2. The van der Waals surface area contributed by atoms with E-state index in [0.717, 1.165) is 44.6 Å². The molecule has 3 atom stereocenters. The zero-order chi connectivity index (χ0) is 14.4. The highest BCUT2D eigenvalue weighted by Gasteiger charge is 2.36. The molecule has 1 N–H and O–H groups in total. The summed E-state index contributed by atoms with van der Waals surface area (Å²) in [6.07, 6.45) is 5.43. The van der Waals surface area contributed by atoms with E-state index in [2.05, 4.69) is 19.1 Å². The van der Waals surface area contributed by atoms with Gasteiger partial charge in [-0.05, 0) is 50.0 Å². The Morgan fingerprint density at radius 2 is 2.05 bits per heavy atom. The first-order valence-electron chi connectivity index (χ1n) is 7.96. The first kappa shape index (κ1) is 15.5. The lowest BCUT2D eigenvalue weighted by atomic mass is 9.70. The van der Waals surface area contributed by atoms with E-state index < -0.39 is 5.60 Å². The zero-order valence-electron chi connectivity index (χ0n) is 12.8. The van der Waals surface area contributed by atoms with Gasteiger partial charge in [-0.3, -0.25) is 0 Å². The second-order valence-electron chi connectivity index (χ2n) is 6.43. The quantitative estimate of drug-likeness (QED) is 0.790. The normalized spacial score (nSPS) is 30.4. The molecule has 1 saturated carbocycles. The van der Waals surface area contributed by atoms with Crippen molar-refractivity contribution in [2.45, 2.75) is 58.2 Å². The molecular weight excluding hydrogens is 248 g/mol. The van der Waals surface area contributed by atoms with Gasteiger partial charge in [0, 0.05) is 6.61 Å². The molecule has 1 fully saturated rings. The van der Waals surface area contributed by atoms with Crippen molar-refractivity contribution >= 4 is 0 Å². The number of aliphatic hydroxyl groups is 1. The summed E-state index contributed by atoms with van der Waals surface area (Å²) >= 11 is 0. The molecule has 0 saturated heterocycles. The third kappa shape index (κ3) is 4.32. The van der Waals surface area contributed by atoms with E-state index in [0.29, 0.717) is 12.5 Å². The Morgan fingerprint density at radius 1 is 1.30 bits per heavy atom. The van der Waals surface area contributed by atoms with Gasteiger partial charge < -0.3 is 9.84 Å². The minimum atomic E-state index is -0.448. The van der Waals surface area contributed by atoms with Crippen molar-refractivity contribution in [2.24, 2.45) is 11.8 Å². The number of benzene rings is 1. The average molecular weight is 276 g/mol. The van der Waals surface area contributed by atoms with Crippen LogP contribution >= 0.6 is 0 Å². The van der Waals surface area contributed by atoms with Crippen LogP contribution in [-0.4, -0.2) is 17.3 Å². The molecule has 1 aromatic carbocycles. The summed E-state index contributed by atoms with van der Waals surface area (Å²) in [6.45, 7) is 5.73. The van der Waals surface area contributed by atoms with Crippen molar-refractivity contribution in [1.29, 1.82) is 0 Å². The Kier molecular flexibility index (Phi) is 5.62. The summed E-state index contributed by atoms with van der Waals surface area (Å²) in [6, 6.07) is 10.3. The Morgan fingerprint density at radius 3 is 2.75 bits per heavy atom. The highest BCUT2D eigenvalue weighted by atomic mass is 16.5. The molecule has 2 heteroatoms. The van der Waals surface area contributed by atoms with Crippen LogP contribution in [0.5, 0.6) is 0 Å². The number of hydrogen-bond acceptors (Lipinski definition) is 2. The van der Waals surface area contributed by atoms with Crippen molar-refractivity contribution in [1.82, 2.24) is 0 Å². The fourth-order valence-electron chi connectivity index (χ4n) is 3.36. The summed E-state index contributed by atoms with van der Waals surface area (Å²) in [5.74, 6) is 1.17.